The highest BCUT2D eigenvalue weighted by molar-refractivity contribution is 5.85. The lowest BCUT2D eigenvalue weighted by Gasteiger charge is -2.31. The number of nitrogens with one attached hydrogen (secondary N) is 2. The molecule has 1 aliphatic rings. The van der Waals surface area contributed by atoms with Gasteiger partial charge in [0.15, 0.2) is 5.96 Å². The van der Waals surface area contributed by atoms with Crippen molar-refractivity contribution in [3.8, 4) is 0 Å². The third-order valence-corrected chi connectivity index (χ3v) is 5.35. The van der Waals surface area contributed by atoms with E-state index in [1.54, 1.807) is 11.9 Å². The fraction of sp³-hybridized carbons (Fsp3) is 0.895. The zero-order valence-corrected chi connectivity index (χ0v) is 17.2. The van der Waals surface area contributed by atoms with Gasteiger partial charge in [0, 0.05) is 40.3 Å². The second-order valence-corrected chi connectivity index (χ2v) is 7.82. The van der Waals surface area contributed by atoms with Gasteiger partial charge in [0.25, 0.3) is 0 Å². The maximum atomic E-state index is 12.6. The summed E-state index contributed by atoms with van der Waals surface area (Å²) < 4.78 is 0. The zero-order valence-electron chi connectivity index (χ0n) is 17.2. The van der Waals surface area contributed by atoms with Crippen molar-refractivity contribution in [2.24, 2.45) is 10.4 Å². The number of carbonyl (C=O) groups excluding carboxylic acids is 1. The van der Waals surface area contributed by atoms with Crippen LogP contribution in [0.25, 0.3) is 0 Å². The van der Waals surface area contributed by atoms with Gasteiger partial charge in [0.05, 0.1) is 5.41 Å². The number of aliphatic imine (C=N–C) groups is 1. The Morgan fingerprint density at radius 3 is 2.28 bits per heavy atom. The number of hydrogen-bond donors (Lipinski definition) is 2. The van der Waals surface area contributed by atoms with E-state index in [4.69, 9.17) is 0 Å². The molecule has 0 aliphatic heterocycles. The first-order valence-corrected chi connectivity index (χ1v) is 9.69. The number of rotatable bonds is 9. The molecular formula is C19H39N5O. The molecule has 0 bridgehead atoms. The molecule has 6 nitrogen and oxygen atoms in total. The zero-order chi connectivity index (χ0) is 18.9. The van der Waals surface area contributed by atoms with Gasteiger partial charge in [-0.25, -0.2) is 0 Å². The Labute approximate surface area is 154 Å². The van der Waals surface area contributed by atoms with E-state index < -0.39 is 0 Å². The van der Waals surface area contributed by atoms with Gasteiger partial charge in [-0.05, 0) is 53.1 Å². The summed E-state index contributed by atoms with van der Waals surface area (Å²) in [5, 5.41) is 6.76. The highest BCUT2D eigenvalue weighted by atomic mass is 16.2. The highest BCUT2D eigenvalue weighted by Crippen LogP contribution is 2.38. The molecule has 0 saturated heterocycles. The third-order valence-electron chi connectivity index (χ3n) is 5.35. The first kappa shape index (κ1) is 21.7. The lowest BCUT2D eigenvalue weighted by Crippen LogP contribution is -2.49. The molecule has 0 aromatic carbocycles. The third kappa shape index (κ3) is 6.84. The Bertz CT molecular complexity index is 428. The fourth-order valence-corrected chi connectivity index (χ4v) is 3.42. The predicted molar refractivity (Wildman–Crippen MR) is 106 cm³/mol. The van der Waals surface area contributed by atoms with Crippen LogP contribution in [0.3, 0.4) is 0 Å². The van der Waals surface area contributed by atoms with Crippen LogP contribution < -0.4 is 10.6 Å². The first-order chi connectivity index (χ1) is 11.8. The lowest BCUT2D eigenvalue weighted by molar-refractivity contribution is -0.138. The van der Waals surface area contributed by atoms with E-state index in [1.807, 2.05) is 14.1 Å². The van der Waals surface area contributed by atoms with Crippen LogP contribution in [0.2, 0.25) is 0 Å². The highest BCUT2D eigenvalue weighted by Gasteiger charge is 2.42. The van der Waals surface area contributed by atoms with Crippen molar-refractivity contribution >= 4 is 11.9 Å². The predicted octanol–water partition coefficient (Wildman–Crippen LogP) is 1.92. The summed E-state index contributed by atoms with van der Waals surface area (Å²) in [4.78, 5) is 21.0. The van der Waals surface area contributed by atoms with Crippen molar-refractivity contribution < 1.29 is 4.79 Å². The summed E-state index contributed by atoms with van der Waals surface area (Å²) >= 11 is 0. The summed E-state index contributed by atoms with van der Waals surface area (Å²) in [5.41, 5.74) is -0.263. The number of nitrogens with zero attached hydrogens (tertiary/aromatic N) is 3. The van der Waals surface area contributed by atoms with E-state index in [2.05, 4.69) is 41.4 Å². The average Bonchev–Trinajstić information content (AvgIpc) is 3.06. The Hall–Kier alpha value is -1.30. The van der Waals surface area contributed by atoms with Crippen molar-refractivity contribution in [2.45, 2.75) is 58.4 Å². The summed E-state index contributed by atoms with van der Waals surface area (Å²) in [6.07, 6.45) is 6.49. The molecule has 1 rings (SSSR count). The Morgan fingerprint density at radius 1 is 1.12 bits per heavy atom. The summed E-state index contributed by atoms with van der Waals surface area (Å²) in [6, 6.07) is 0.597. The quantitative estimate of drug-likeness (QED) is 0.378. The molecule has 146 valence electrons. The molecule has 0 heterocycles. The van der Waals surface area contributed by atoms with Crippen LogP contribution in [-0.2, 0) is 4.79 Å². The molecule has 0 unspecified atom stereocenters. The maximum absolute atomic E-state index is 12.6. The minimum Gasteiger partial charge on any atom is -0.356 e. The van der Waals surface area contributed by atoms with Gasteiger partial charge in [0.2, 0.25) is 5.91 Å². The van der Waals surface area contributed by atoms with Gasteiger partial charge in [-0.15, -0.1) is 0 Å². The molecule has 0 atom stereocenters. The number of guanidine groups is 1. The molecular weight excluding hydrogens is 314 g/mol. The van der Waals surface area contributed by atoms with Crippen LogP contribution >= 0.6 is 0 Å². The van der Waals surface area contributed by atoms with Crippen LogP contribution in [0.15, 0.2) is 4.99 Å². The standard InChI is InChI=1S/C19H39N5O/c1-16(2)24(6)14-10-9-13-21-18(20-3)22-15-19(11-7-8-12-19)17(25)23(4)5/h16H,7-15H2,1-6H3,(H2,20,21,22). The van der Waals surface area contributed by atoms with Crippen molar-refractivity contribution in [1.29, 1.82) is 0 Å². The molecule has 2 N–H and O–H groups in total. The summed E-state index contributed by atoms with van der Waals surface area (Å²) in [5.74, 6) is 1.04. The monoisotopic (exact) mass is 353 g/mol. The van der Waals surface area contributed by atoms with Crippen LogP contribution in [0.1, 0.15) is 52.4 Å². The van der Waals surface area contributed by atoms with Crippen LogP contribution in [-0.4, -0.2) is 75.5 Å². The van der Waals surface area contributed by atoms with E-state index in [0.717, 1.165) is 51.2 Å². The number of unbranched alkanes of at least 4 members (excludes halogenated alkanes) is 1. The molecule has 0 aromatic heterocycles. The van der Waals surface area contributed by atoms with Crippen LogP contribution in [0.4, 0.5) is 0 Å². The van der Waals surface area contributed by atoms with Gasteiger partial charge in [-0.1, -0.05) is 12.8 Å². The topological polar surface area (TPSA) is 60.0 Å². The second kappa shape index (κ2) is 10.6. The van der Waals surface area contributed by atoms with Gasteiger partial charge >= 0.3 is 0 Å². The average molecular weight is 354 g/mol. The Kier molecular flexibility index (Phi) is 9.25. The Balaban J connectivity index is 2.37. The Morgan fingerprint density at radius 2 is 1.76 bits per heavy atom. The van der Waals surface area contributed by atoms with E-state index in [-0.39, 0.29) is 11.3 Å². The number of hydrogen-bond acceptors (Lipinski definition) is 3. The molecule has 0 spiro atoms. The fourth-order valence-electron chi connectivity index (χ4n) is 3.42. The van der Waals surface area contributed by atoms with E-state index in [1.165, 1.54) is 6.42 Å². The van der Waals surface area contributed by atoms with E-state index in [0.29, 0.717) is 12.6 Å². The molecule has 6 heteroatoms. The normalized spacial score (nSPS) is 17.2. The SMILES string of the molecule is CN=C(NCCCCN(C)C(C)C)NCC1(C(=O)N(C)C)CCCC1. The van der Waals surface area contributed by atoms with Gasteiger partial charge < -0.3 is 20.4 Å². The van der Waals surface area contributed by atoms with Crippen molar-refractivity contribution in [3.05, 3.63) is 0 Å². The van der Waals surface area contributed by atoms with E-state index in [9.17, 15) is 4.79 Å². The van der Waals surface area contributed by atoms with Crippen molar-refractivity contribution in [1.82, 2.24) is 20.4 Å². The van der Waals surface area contributed by atoms with Gasteiger partial charge in [-0.3, -0.25) is 9.79 Å². The maximum Gasteiger partial charge on any atom is 0.230 e. The molecule has 0 radical (unpaired) electrons. The molecule has 0 aromatic rings. The minimum atomic E-state index is -0.263. The largest absolute Gasteiger partial charge is 0.356 e. The minimum absolute atomic E-state index is 0.240. The summed E-state index contributed by atoms with van der Waals surface area (Å²) in [6.45, 7) is 7.13. The molecule has 1 aliphatic carbocycles. The van der Waals surface area contributed by atoms with Crippen LogP contribution in [0.5, 0.6) is 0 Å². The first-order valence-electron chi connectivity index (χ1n) is 9.69. The van der Waals surface area contributed by atoms with E-state index >= 15 is 0 Å². The lowest BCUT2D eigenvalue weighted by atomic mass is 9.84. The molecule has 1 saturated carbocycles. The van der Waals surface area contributed by atoms with Crippen LogP contribution in [0, 0.1) is 5.41 Å². The smallest absolute Gasteiger partial charge is 0.230 e. The molecule has 1 amide bonds. The number of amides is 1. The molecule has 25 heavy (non-hydrogen) atoms. The van der Waals surface area contributed by atoms with Gasteiger partial charge in [-0.2, -0.15) is 0 Å². The van der Waals surface area contributed by atoms with Gasteiger partial charge in [0.1, 0.15) is 0 Å². The van der Waals surface area contributed by atoms with Crippen molar-refractivity contribution in [3.63, 3.8) is 0 Å². The van der Waals surface area contributed by atoms with Crippen molar-refractivity contribution in [2.75, 3.05) is 47.8 Å². The number of carbonyl (C=O) groups is 1. The summed E-state index contributed by atoms with van der Waals surface area (Å²) in [7, 11) is 7.66. The molecule has 1 fully saturated rings. The second-order valence-electron chi connectivity index (χ2n) is 7.82.